The van der Waals surface area contributed by atoms with Crippen LogP contribution in [0.4, 0.5) is 0 Å². The molecule has 1 fully saturated rings. The van der Waals surface area contributed by atoms with Crippen molar-refractivity contribution in [2.75, 3.05) is 6.54 Å². The lowest BCUT2D eigenvalue weighted by molar-refractivity contribution is 0.0724. The average molecular weight is 295 g/mol. The van der Waals surface area contributed by atoms with E-state index < -0.39 is 0 Å². The predicted octanol–water partition coefficient (Wildman–Crippen LogP) is 2.27. The van der Waals surface area contributed by atoms with Gasteiger partial charge in [0.2, 0.25) is 0 Å². The standard InChI is InChI=1S/C16H17N5O/c1-20-10-8-13(19-20)16(22)21-9-4-7-14(21)15-17-11-5-2-3-6-12(11)18-15/h2-3,5-6,8,10,14H,4,7,9H2,1H3,(H,17,18). The molecule has 112 valence electrons. The van der Waals surface area contributed by atoms with Crippen LogP contribution in [-0.2, 0) is 7.05 Å². The SMILES string of the molecule is Cn1ccc(C(=O)N2CCCC2c2nc3ccccc3[nH]2)n1. The van der Waals surface area contributed by atoms with Crippen molar-refractivity contribution >= 4 is 16.9 Å². The number of para-hydroxylation sites is 2. The van der Waals surface area contributed by atoms with Crippen LogP contribution in [0.15, 0.2) is 36.5 Å². The number of hydrogen-bond acceptors (Lipinski definition) is 3. The number of nitrogens with zero attached hydrogens (tertiary/aromatic N) is 4. The highest BCUT2D eigenvalue weighted by Crippen LogP contribution is 2.32. The topological polar surface area (TPSA) is 66.8 Å². The van der Waals surface area contributed by atoms with Crippen LogP contribution in [0.2, 0.25) is 0 Å². The van der Waals surface area contributed by atoms with Crippen molar-refractivity contribution in [1.82, 2.24) is 24.6 Å². The lowest BCUT2D eigenvalue weighted by Crippen LogP contribution is -2.31. The first kappa shape index (κ1) is 13.1. The van der Waals surface area contributed by atoms with Crippen LogP contribution in [0, 0.1) is 0 Å². The van der Waals surface area contributed by atoms with Gasteiger partial charge in [-0.05, 0) is 31.0 Å². The Hall–Kier alpha value is -2.63. The highest BCUT2D eigenvalue weighted by atomic mass is 16.2. The van der Waals surface area contributed by atoms with E-state index >= 15 is 0 Å². The number of fused-ring (bicyclic) bond motifs is 1. The first-order valence-corrected chi connectivity index (χ1v) is 7.47. The van der Waals surface area contributed by atoms with Gasteiger partial charge in [0.15, 0.2) is 0 Å². The number of aryl methyl sites for hydroxylation is 1. The van der Waals surface area contributed by atoms with Crippen molar-refractivity contribution in [1.29, 1.82) is 0 Å². The Morgan fingerprint density at radius 2 is 2.18 bits per heavy atom. The minimum absolute atomic E-state index is 0.00176. The molecule has 0 bridgehead atoms. The van der Waals surface area contributed by atoms with Crippen LogP contribution in [0.25, 0.3) is 11.0 Å². The van der Waals surface area contributed by atoms with E-state index in [0.717, 1.165) is 36.2 Å². The molecule has 22 heavy (non-hydrogen) atoms. The van der Waals surface area contributed by atoms with Crippen LogP contribution < -0.4 is 0 Å². The second kappa shape index (κ2) is 4.98. The number of H-pyrrole nitrogens is 1. The number of carbonyl (C=O) groups is 1. The van der Waals surface area contributed by atoms with Gasteiger partial charge in [0.25, 0.3) is 5.91 Å². The molecule has 4 rings (SSSR count). The number of carbonyl (C=O) groups excluding carboxylic acids is 1. The van der Waals surface area contributed by atoms with Gasteiger partial charge in [-0.1, -0.05) is 12.1 Å². The zero-order valence-corrected chi connectivity index (χ0v) is 12.4. The molecule has 6 heteroatoms. The van der Waals surface area contributed by atoms with Gasteiger partial charge < -0.3 is 9.88 Å². The second-order valence-electron chi connectivity index (χ2n) is 5.67. The van der Waals surface area contributed by atoms with E-state index in [4.69, 9.17) is 0 Å². The third-order valence-electron chi connectivity index (χ3n) is 4.17. The number of rotatable bonds is 2. The molecule has 0 aliphatic carbocycles. The molecule has 1 unspecified atom stereocenters. The minimum Gasteiger partial charge on any atom is -0.340 e. The lowest BCUT2D eigenvalue weighted by atomic mass is 10.2. The predicted molar refractivity (Wildman–Crippen MR) is 82.3 cm³/mol. The number of imidazole rings is 1. The third kappa shape index (κ3) is 2.07. The number of benzene rings is 1. The summed E-state index contributed by atoms with van der Waals surface area (Å²) in [7, 11) is 1.82. The molecule has 6 nitrogen and oxygen atoms in total. The van der Waals surface area contributed by atoms with E-state index in [1.807, 2.05) is 36.2 Å². The summed E-state index contributed by atoms with van der Waals surface area (Å²) in [6.07, 6.45) is 3.71. The summed E-state index contributed by atoms with van der Waals surface area (Å²) < 4.78 is 1.65. The van der Waals surface area contributed by atoms with Gasteiger partial charge in [-0.25, -0.2) is 4.98 Å². The van der Waals surface area contributed by atoms with E-state index in [-0.39, 0.29) is 11.9 Å². The van der Waals surface area contributed by atoms with Crippen molar-refractivity contribution in [2.24, 2.45) is 7.05 Å². The molecular weight excluding hydrogens is 278 g/mol. The van der Waals surface area contributed by atoms with Crippen molar-refractivity contribution < 1.29 is 4.79 Å². The fourth-order valence-electron chi connectivity index (χ4n) is 3.10. The van der Waals surface area contributed by atoms with Gasteiger partial charge in [0.1, 0.15) is 11.5 Å². The summed E-state index contributed by atoms with van der Waals surface area (Å²) in [5.74, 6) is 0.839. The molecular formula is C16H17N5O. The quantitative estimate of drug-likeness (QED) is 0.788. The molecule has 3 aromatic rings. The maximum atomic E-state index is 12.7. The van der Waals surface area contributed by atoms with Crippen LogP contribution in [0.1, 0.15) is 35.2 Å². The normalized spacial score (nSPS) is 18.2. The molecule has 1 saturated heterocycles. The number of nitrogens with one attached hydrogen (secondary N) is 1. The van der Waals surface area contributed by atoms with Gasteiger partial charge in [-0.2, -0.15) is 5.10 Å². The highest BCUT2D eigenvalue weighted by Gasteiger charge is 2.33. The zero-order chi connectivity index (χ0) is 15.1. The number of aromatic nitrogens is 4. The minimum atomic E-state index is -0.0245. The lowest BCUT2D eigenvalue weighted by Gasteiger charge is -2.22. The van der Waals surface area contributed by atoms with Gasteiger partial charge >= 0.3 is 0 Å². The van der Waals surface area contributed by atoms with Gasteiger partial charge in [-0.15, -0.1) is 0 Å². The molecule has 0 saturated carbocycles. The molecule has 1 N–H and O–H groups in total. The molecule has 1 aliphatic heterocycles. The summed E-state index contributed by atoms with van der Waals surface area (Å²) in [5, 5.41) is 4.22. The fraction of sp³-hybridized carbons (Fsp3) is 0.312. The maximum absolute atomic E-state index is 12.7. The molecule has 3 heterocycles. The molecule has 1 atom stereocenters. The number of hydrogen-bond donors (Lipinski definition) is 1. The Labute approximate surface area is 127 Å². The van der Waals surface area contributed by atoms with Gasteiger partial charge in [-0.3, -0.25) is 9.48 Å². The van der Waals surface area contributed by atoms with E-state index in [2.05, 4.69) is 15.1 Å². The van der Waals surface area contributed by atoms with Crippen LogP contribution in [0.5, 0.6) is 0 Å². The molecule has 0 spiro atoms. The molecule has 2 aromatic heterocycles. The number of amides is 1. The van der Waals surface area contributed by atoms with Crippen molar-refractivity contribution in [3.05, 3.63) is 48.0 Å². The van der Waals surface area contributed by atoms with Gasteiger partial charge in [0.05, 0.1) is 17.1 Å². The smallest absolute Gasteiger partial charge is 0.274 e. The van der Waals surface area contributed by atoms with Crippen LogP contribution in [0.3, 0.4) is 0 Å². The fourth-order valence-corrected chi connectivity index (χ4v) is 3.10. The van der Waals surface area contributed by atoms with Crippen molar-refractivity contribution in [3.8, 4) is 0 Å². The summed E-state index contributed by atoms with van der Waals surface area (Å²) in [6, 6.07) is 9.70. The maximum Gasteiger partial charge on any atom is 0.274 e. The Kier molecular flexibility index (Phi) is 2.96. The Morgan fingerprint density at radius 3 is 2.95 bits per heavy atom. The van der Waals surface area contributed by atoms with E-state index in [1.54, 1.807) is 16.9 Å². The first-order valence-electron chi connectivity index (χ1n) is 7.47. The summed E-state index contributed by atoms with van der Waals surface area (Å²) in [5.41, 5.74) is 2.44. The number of likely N-dealkylation sites (tertiary alicyclic amines) is 1. The Bertz CT molecular complexity index is 801. The van der Waals surface area contributed by atoms with E-state index in [9.17, 15) is 4.79 Å². The van der Waals surface area contributed by atoms with Crippen molar-refractivity contribution in [2.45, 2.75) is 18.9 Å². The zero-order valence-electron chi connectivity index (χ0n) is 12.4. The monoisotopic (exact) mass is 295 g/mol. The molecule has 0 radical (unpaired) electrons. The summed E-state index contributed by atoms with van der Waals surface area (Å²) >= 11 is 0. The van der Waals surface area contributed by atoms with Gasteiger partial charge in [0, 0.05) is 19.8 Å². The van der Waals surface area contributed by atoms with E-state index in [1.165, 1.54) is 0 Å². The van der Waals surface area contributed by atoms with E-state index in [0.29, 0.717) is 5.69 Å². The molecule has 1 amide bonds. The summed E-state index contributed by atoms with van der Waals surface area (Å²) in [4.78, 5) is 22.5. The second-order valence-corrected chi connectivity index (χ2v) is 5.67. The Morgan fingerprint density at radius 1 is 1.32 bits per heavy atom. The van der Waals surface area contributed by atoms with Crippen LogP contribution in [-0.4, -0.2) is 37.1 Å². The Balaban J connectivity index is 1.67. The molecule has 1 aromatic carbocycles. The third-order valence-corrected chi connectivity index (χ3v) is 4.17. The number of aromatic amines is 1. The highest BCUT2D eigenvalue weighted by molar-refractivity contribution is 5.92. The average Bonchev–Trinajstić information content (AvgIpc) is 3.24. The van der Waals surface area contributed by atoms with Crippen molar-refractivity contribution in [3.63, 3.8) is 0 Å². The summed E-state index contributed by atoms with van der Waals surface area (Å²) in [6.45, 7) is 0.747. The first-order chi connectivity index (χ1) is 10.7. The largest absolute Gasteiger partial charge is 0.340 e. The van der Waals surface area contributed by atoms with Crippen LogP contribution >= 0.6 is 0 Å². The molecule has 1 aliphatic rings.